The number of rotatable bonds is 7. The third-order valence-corrected chi connectivity index (χ3v) is 5.53. The molecule has 0 spiro atoms. The quantitative estimate of drug-likeness (QED) is 0.661. The van der Waals surface area contributed by atoms with Crippen LogP contribution in [-0.2, 0) is 14.8 Å². The first-order chi connectivity index (χ1) is 13.1. The average molecular weight is 388 g/mol. The Hall–Kier alpha value is -2.74. The van der Waals surface area contributed by atoms with E-state index in [0.29, 0.717) is 25.6 Å². The van der Waals surface area contributed by atoms with Crippen molar-refractivity contribution in [3.05, 3.63) is 42.2 Å². The van der Waals surface area contributed by atoms with Crippen molar-refractivity contribution < 1.29 is 13.2 Å². The van der Waals surface area contributed by atoms with Gasteiger partial charge < -0.3 is 15.0 Å². The molecule has 1 saturated heterocycles. The molecular weight excluding hydrogens is 368 g/mol. The summed E-state index contributed by atoms with van der Waals surface area (Å²) < 4.78 is 32.5. The highest BCUT2D eigenvalue weighted by molar-refractivity contribution is 7.89. The van der Waals surface area contributed by atoms with Crippen molar-refractivity contribution >= 4 is 21.7 Å². The second-order valence-electron chi connectivity index (χ2n) is 5.79. The van der Waals surface area contributed by atoms with Crippen LogP contribution < -0.4 is 14.9 Å². The van der Waals surface area contributed by atoms with E-state index in [9.17, 15) is 8.42 Å². The molecule has 1 aromatic carbocycles. The molecule has 0 radical (unpaired) electrons. The van der Waals surface area contributed by atoms with Crippen LogP contribution in [-0.4, -0.2) is 57.8 Å². The van der Waals surface area contributed by atoms with E-state index in [-0.39, 0.29) is 17.0 Å². The summed E-state index contributed by atoms with van der Waals surface area (Å²) in [5.41, 5.74) is 0.115. The lowest BCUT2D eigenvalue weighted by molar-refractivity contribution is 0.122. The van der Waals surface area contributed by atoms with Crippen LogP contribution in [0.2, 0.25) is 0 Å². The van der Waals surface area contributed by atoms with Gasteiger partial charge in [0.1, 0.15) is 24.0 Å². The Morgan fingerprint density at radius 1 is 1.19 bits per heavy atom. The van der Waals surface area contributed by atoms with E-state index < -0.39 is 10.0 Å². The lowest BCUT2D eigenvalue weighted by Crippen LogP contribution is -2.36. The van der Waals surface area contributed by atoms with Gasteiger partial charge >= 0.3 is 0 Å². The minimum absolute atomic E-state index is 0.0239. The number of hydrogen-bond donors (Lipinski definition) is 2. The highest BCUT2D eigenvalue weighted by Gasteiger charge is 2.17. The van der Waals surface area contributed by atoms with Crippen LogP contribution in [0.1, 0.15) is 5.56 Å². The van der Waals surface area contributed by atoms with Gasteiger partial charge in [-0.3, -0.25) is 0 Å². The Kier molecular flexibility index (Phi) is 6.18. The standard InChI is InChI=1S/C17H20N6O3S/c18-12-14-3-1-2-4-15(14)27(24,25)22-6-5-19-16-11-17(21-13-20-16)23-7-9-26-10-8-23/h1-4,11,13,22H,5-10H2,(H,19,20,21). The predicted molar refractivity (Wildman–Crippen MR) is 99.9 cm³/mol. The van der Waals surface area contributed by atoms with Gasteiger partial charge in [-0.2, -0.15) is 5.26 Å². The summed E-state index contributed by atoms with van der Waals surface area (Å²) in [4.78, 5) is 10.5. The molecule has 1 fully saturated rings. The zero-order valence-corrected chi connectivity index (χ0v) is 15.4. The summed E-state index contributed by atoms with van der Waals surface area (Å²) in [6.45, 7) is 3.37. The van der Waals surface area contributed by atoms with Gasteiger partial charge in [-0.25, -0.2) is 23.1 Å². The molecule has 0 saturated carbocycles. The van der Waals surface area contributed by atoms with Crippen molar-refractivity contribution in [3.8, 4) is 6.07 Å². The summed E-state index contributed by atoms with van der Waals surface area (Å²) >= 11 is 0. The van der Waals surface area contributed by atoms with E-state index in [2.05, 4.69) is 24.9 Å². The van der Waals surface area contributed by atoms with Gasteiger partial charge in [0, 0.05) is 32.2 Å². The number of nitrogens with zero attached hydrogens (tertiary/aromatic N) is 4. The van der Waals surface area contributed by atoms with Crippen LogP contribution >= 0.6 is 0 Å². The summed E-state index contributed by atoms with van der Waals surface area (Å²) in [6.07, 6.45) is 1.47. The second kappa shape index (κ2) is 8.77. The van der Waals surface area contributed by atoms with Crippen LogP contribution in [0.15, 0.2) is 41.6 Å². The van der Waals surface area contributed by atoms with Crippen molar-refractivity contribution in [2.75, 3.05) is 49.6 Å². The summed E-state index contributed by atoms with van der Waals surface area (Å²) in [7, 11) is -3.75. The molecule has 0 unspecified atom stereocenters. The van der Waals surface area contributed by atoms with Gasteiger partial charge in [-0.05, 0) is 12.1 Å². The van der Waals surface area contributed by atoms with Crippen LogP contribution in [0, 0.1) is 11.3 Å². The molecule has 1 aromatic heterocycles. The number of aromatic nitrogens is 2. The SMILES string of the molecule is N#Cc1ccccc1S(=O)(=O)NCCNc1cc(N2CCOCC2)ncn1. The highest BCUT2D eigenvalue weighted by atomic mass is 32.2. The van der Waals surface area contributed by atoms with Gasteiger partial charge in [0.15, 0.2) is 0 Å². The first-order valence-corrected chi connectivity index (χ1v) is 9.96. The molecule has 1 aliphatic rings. The van der Waals surface area contributed by atoms with Crippen molar-refractivity contribution in [3.63, 3.8) is 0 Å². The predicted octanol–water partition coefficient (Wildman–Crippen LogP) is 0.575. The number of benzene rings is 1. The van der Waals surface area contributed by atoms with Crippen molar-refractivity contribution in [2.45, 2.75) is 4.90 Å². The van der Waals surface area contributed by atoms with Crippen molar-refractivity contribution in [1.82, 2.24) is 14.7 Å². The van der Waals surface area contributed by atoms with Crippen LogP contribution in [0.5, 0.6) is 0 Å². The minimum atomic E-state index is -3.75. The maximum absolute atomic E-state index is 12.3. The maximum Gasteiger partial charge on any atom is 0.241 e. The molecule has 27 heavy (non-hydrogen) atoms. The number of anilines is 2. The van der Waals surface area contributed by atoms with Gasteiger partial charge in [0.05, 0.1) is 23.7 Å². The van der Waals surface area contributed by atoms with E-state index >= 15 is 0 Å². The number of sulfonamides is 1. The monoisotopic (exact) mass is 388 g/mol. The Morgan fingerprint density at radius 3 is 2.74 bits per heavy atom. The maximum atomic E-state index is 12.3. The first-order valence-electron chi connectivity index (χ1n) is 8.47. The topological polar surface area (TPSA) is 120 Å². The van der Waals surface area contributed by atoms with Crippen LogP contribution in [0.25, 0.3) is 0 Å². The first kappa shape index (κ1) is 19.0. The largest absolute Gasteiger partial charge is 0.378 e. The average Bonchev–Trinajstić information content (AvgIpc) is 2.72. The number of morpholine rings is 1. The van der Waals surface area contributed by atoms with Crippen molar-refractivity contribution in [1.29, 1.82) is 5.26 Å². The molecule has 142 valence electrons. The molecule has 10 heteroatoms. The van der Waals surface area contributed by atoms with Crippen LogP contribution in [0.3, 0.4) is 0 Å². The third-order valence-electron chi connectivity index (χ3n) is 4.01. The van der Waals surface area contributed by atoms with Gasteiger partial charge in [-0.15, -0.1) is 0 Å². The number of nitriles is 1. The molecule has 0 bridgehead atoms. The molecule has 2 heterocycles. The lowest BCUT2D eigenvalue weighted by atomic mass is 10.2. The summed E-state index contributed by atoms with van der Waals surface area (Å²) in [5.74, 6) is 1.42. The zero-order chi connectivity index (χ0) is 19.1. The Balaban J connectivity index is 1.55. The summed E-state index contributed by atoms with van der Waals surface area (Å²) in [6, 6.07) is 9.81. The molecule has 0 amide bonds. The fourth-order valence-electron chi connectivity index (χ4n) is 2.66. The fourth-order valence-corrected chi connectivity index (χ4v) is 3.84. The molecule has 0 aliphatic carbocycles. The second-order valence-corrected chi connectivity index (χ2v) is 7.53. The van der Waals surface area contributed by atoms with E-state index in [4.69, 9.17) is 10.00 Å². The van der Waals surface area contributed by atoms with Gasteiger partial charge in [0.25, 0.3) is 0 Å². The van der Waals surface area contributed by atoms with E-state index in [0.717, 1.165) is 18.9 Å². The fraction of sp³-hybridized carbons (Fsp3) is 0.353. The number of hydrogen-bond acceptors (Lipinski definition) is 8. The zero-order valence-electron chi connectivity index (χ0n) is 14.6. The molecule has 0 atom stereocenters. The molecule has 2 N–H and O–H groups in total. The normalized spacial score (nSPS) is 14.6. The third kappa shape index (κ3) is 4.91. The minimum Gasteiger partial charge on any atom is -0.378 e. The van der Waals surface area contributed by atoms with E-state index in [1.807, 2.05) is 12.1 Å². The Morgan fingerprint density at radius 2 is 1.96 bits per heavy atom. The number of ether oxygens (including phenoxy) is 1. The van der Waals surface area contributed by atoms with Gasteiger partial charge in [-0.1, -0.05) is 12.1 Å². The number of nitrogens with one attached hydrogen (secondary N) is 2. The van der Waals surface area contributed by atoms with E-state index in [1.54, 1.807) is 12.1 Å². The molecule has 1 aliphatic heterocycles. The molecular formula is C17H20N6O3S. The van der Waals surface area contributed by atoms with Crippen LogP contribution in [0.4, 0.5) is 11.6 Å². The van der Waals surface area contributed by atoms with E-state index in [1.165, 1.54) is 18.5 Å². The molecule has 9 nitrogen and oxygen atoms in total. The highest BCUT2D eigenvalue weighted by Crippen LogP contribution is 2.16. The molecule has 3 rings (SSSR count). The Bertz CT molecular complexity index is 922. The van der Waals surface area contributed by atoms with Crippen molar-refractivity contribution in [2.24, 2.45) is 0 Å². The smallest absolute Gasteiger partial charge is 0.241 e. The molecule has 2 aromatic rings. The Labute approximate surface area is 158 Å². The lowest BCUT2D eigenvalue weighted by Gasteiger charge is -2.27. The summed E-state index contributed by atoms with van der Waals surface area (Å²) in [5, 5.41) is 12.1. The van der Waals surface area contributed by atoms with Gasteiger partial charge in [0.2, 0.25) is 10.0 Å².